The lowest BCUT2D eigenvalue weighted by molar-refractivity contribution is -0.454. The molecular formula is C6H9O10P. The summed E-state index contributed by atoms with van der Waals surface area (Å²) in [6, 6.07) is 0. The maximum atomic E-state index is 11.7. The van der Waals surface area contributed by atoms with Crippen molar-refractivity contribution >= 4 is 7.82 Å². The molecule has 0 amide bonds. The number of phosphoric acid groups is 1. The molecule has 0 aromatic rings. The van der Waals surface area contributed by atoms with E-state index < -0.39 is 44.2 Å². The van der Waals surface area contributed by atoms with E-state index in [1.807, 2.05) is 0 Å². The van der Waals surface area contributed by atoms with E-state index in [4.69, 9.17) is 0 Å². The first-order valence-electron chi connectivity index (χ1n) is 4.56. The number of fused-ring (bicyclic) bond motifs is 2. The van der Waals surface area contributed by atoms with Crippen molar-refractivity contribution in [1.82, 2.24) is 0 Å². The minimum absolute atomic E-state index is 1.87. The number of rotatable bonds is 0. The van der Waals surface area contributed by atoms with E-state index in [0.717, 1.165) is 0 Å². The fourth-order valence-electron chi connectivity index (χ4n) is 1.88. The maximum Gasteiger partial charge on any atom is 0.482 e. The molecule has 0 aliphatic carbocycles. The van der Waals surface area contributed by atoms with Gasteiger partial charge in [0.25, 0.3) is 11.6 Å². The summed E-state index contributed by atoms with van der Waals surface area (Å²) in [5.41, 5.74) is 0. The molecule has 3 aliphatic rings. The third-order valence-electron chi connectivity index (χ3n) is 2.85. The molecule has 10 nitrogen and oxygen atoms in total. The maximum absolute atomic E-state index is 11.7. The lowest BCUT2D eigenvalue weighted by atomic mass is 9.93. The summed E-state index contributed by atoms with van der Waals surface area (Å²) in [5.74, 6) is -5.44. The molecule has 0 aromatic heterocycles. The van der Waals surface area contributed by atoms with Gasteiger partial charge < -0.3 is 30.3 Å². The first-order chi connectivity index (χ1) is 7.71. The van der Waals surface area contributed by atoms with E-state index in [-0.39, 0.29) is 0 Å². The topological polar surface area (TPSA) is 155 Å². The molecule has 3 aliphatic heterocycles. The van der Waals surface area contributed by atoms with Crippen LogP contribution in [0.4, 0.5) is 0 Å². The molecule has 3 rings (SSSR count). The second-order valence-electron chi connectivity index (χ2n) is 3.94. The highest BCUT2D eigenvalue weighted by Gasteiger charge is 2.75. The van der Waals surface area contributed by atoms with Gasteiger partial charge in [-0.1, -0.05) is 0 Å². The van der Waals surface area contributed by atoms with Gasteiger partial charge in [-0.15, -0.1) is 0 Å². The summed E-state index contributed by atoms with van der Waals surface area (Å²) in [4.78, 5) is 0. The van der Waals surface area contributed by atoms with Crippen molar-refractivity contribution in [2.24, 2.45) is 0 Å². The number of aliphatic hydroxyl groups excluding tert-OH is 3. The van der Waals surface area contributed by atoms with Crippen molar-refractivity contribution in [2.75, 3.05) is 0 Å². The van der Waals surface area contributed by atoms with Crippen molar-refractivity contribution in [3.63, 3.8) is 0 Å². The number of hydrogen-bond acceptors (Lipinski definition) is 10. The van der Waals surface area contributed by atoms with Gasteiger partial charge in [-0.2, -0.15) is 0 Å². The molecule has 3 unspecified atom stereocenters. The van der Waals surface area contributed by atoms with Crippen molar-refractivity contribution in [2.45, 2.75) is 36.4 Å². The largest absolute Gasteiger partial charge is 0.482 e. The fourth-order valence-corrected chi connectivity index (χ4v) is 3.39. The average molecular weight is 272 g/mol. The molecule has 3 fully saturated rings. The molecule has 3 saturated heterocycles. The molecule has 5 N–H and O–H groups in total. The highest BCUT2D eigenvalue weighted by Crippen LogP contribution is 2.66. The first-order valence-corrected chi connectivity index (χ1v) is 6.02. The Hall–Kier alpha value is -0.130. The lowest BCUT2D eigenvalue weighted by Crippen LogP contribution is -2.73. The van der Waals surface area contributed by atoms with Crippen molar-refractivity contribution in [3.8, 4) is 0 Å². The van der Waals surface area contributed by atoms with Gasteiger partial charge in [0.1, 0.15) is 12.2 Å². The van der Waals surface area contributed by atoms with Gasteiger partial charge in [-0.25, -0.2) is 9.09 Å². The Morgan fingerprint density at radius 3 is 2.24 bits per heavy atom. The van der Waals surface area contributed by atoms with E-state index in [1.54, 1.807) is 0 Å². The van der Waals surface area contributed by atoms with E-state index in [9.17, 15) is 30.1 Å². The summed E-state index contributed by atoms with van der Waals surface area (Å²) >= 11 is 0. The van der Waals surface area contributed by atoms with Crippen molar-refractivity contribution in [3.05, 3.63) is 0 Å². The smallest absolute Gasteiger partial charge is 0.384 e. The highest BCUT2D eigenvalue weighted by atomic mass is 31.2. The minimum Gasteiger partial charge on any atom is -0.384 e. The number of ether oxygens (including phenoxy) is 1. The van der Waals surface area contributed by atoms with Crippen molar-refractivity contribution in [1.29, 1.82) is 0 Å². The number of hydrogen-bond donors (Lipinski definition) is 5. The second-order valence-corrected chi connectivity index (χ2v) is 5.44. The first kappa shape index (κ1) is 11.9. The Kier molecular flexibility index (Phi) is 2.15. The Morgan fingerprint density at radius 2 is 1.59 bits per heavy atom. The summed E-state index contributed by atoms with van der Waals surface area (Å²) in [7, 11) is -4.39. The van der Waals surface area contributed by atoms with Gasteiger partial charge in [-0.05, 0) is 0 Å². The predicted octanol–water partition coefficient (Wildman–Crippen LogP) is -3.05. The van der Waals surface area contributed by atoms with Crippen LogP contribution in [-0.4, -0.2) is 61.9 Å². The Bertz CT molecular complexity index is 414. The number of aliphatic hydroxyl groups is 5. The van der Waals surface area contributed by atoms with E-state index in [2.05, 4.69) is 18.3 Å². The van der Waals surface area contributed by atoms with Crippen LogP contribution >= 0.6 is 7.82 Å². The van der Waals surface area contributed by atoms with Gasteiger partial charge in [-0.3, -0.25) is 9.05 Å². The van der Waals surface area contributed by atoms with E-state index in [0.29, 0.717) is 0 Å². The quantitative estimate of drug-likeness (QED) is 0.287. The van der Waals surface area contributed by atoms with Gasteiger partial charge >= 0.3 is 7.82 Å². The Labute approximate surface area is 93.5 Å². The van der Waals surface area contributed by atoms with Crippen LogP contribution in [0.15, 0.2) is 0 Å². The Morgan fingerprint density at radius 1 is 1.00 bits per heavy atom. The average Bonchev–Trinajstić information content (AvgIpc) is 2.41. The normalized spacial score (nSPS) is 65.9. The van der Waals surface area contributed by atoms with Crippen LogP contribution in [0.25, 0.3) is 0 Å². The fraction of sp³-hybridized carbons (Fsp3) is 1.00. The zero-order valence-corrected chi connectivity index (χ0v) is 8.93. The summed E-state index contributed by atoms with van der Waals surface area (Å²) < 4.78 is 29.8. The summed E-state index contributed by atoms with van der Waals surface area (Å²) in [6.45, 7) is 0. The van der Waals surface area contributed by atoms with Gasteiger partial charge in [0.15, 0.2) is 0 Å². The Balaban J connectivity index is 2.15. The minimum atomic E-state index is -4.39. The molecule has 3 bridgehead atoms. The van der Waals surface area contributed by atoms with Crippen LogP contribution in [-0.2, 0) is 22.9 Å². The lowest BCUT2D eigenvalue weighted by Gasteiger charge is -2.47. The van der Waals surface area contributed by atoms with Crippen LogP contribution in [0.1, 0.15) is 0 Å². The van der Waals surface area contributed by atoms with Crippen molar-refractivity contribution < 1.29 is 48.4 Å². The predicted molar refractivity (Wildman–Crippen MR) is 43.7 cm³/mol. The molecule has 0 aromatic carbocycles. The van der Waals surface area contributed by atoms with Crippen LogP contribution in [0, 0.1) is 0 Å². The highest BCUT2D eigenvalue weighted by molar-refractivity contribution is 7.48. The molecule has 3 heterocycles. The standard InChI is InChI=1S/C6H9O10P/c7-1-2(8)6(11)4-13-5(1,10)3(9)14-17(12,15-4)16-6/h1-4,7-11H/t1-,2-,3?,4?,5+,6+,17?/m0/s1. The molecule has 17 heavy (non-hydrogen) atoms. The number of phosphoric ester groups is 1. The van der Waals surface area contributed by atoms with Crippen LogP contribution in [0.3, 0.4) is 0 Å². The molecule has 0 spiro atoms. The van der Waals surface area contributed by atoms with Crippen LogP contribution in [0.5, 0.6) is 0 Å². The molecule has 0 saturated carbocycles. The molecule has 7 atom stereocenters. The van der Waals surface area contributed by atoms with Gasteiger partial charge in [0.2, 0.25) is 12.6 Å². The molecule has 98 valence electrons. The third kappa shape index (κ3) is 1.28. The zero-order chi connectivity index (χ0) is 12.6. The van der Waals surface area contributed by atoms with Gasteiger partial charge in [0.05, 0.1) is 0 Å². The van der Waals surface area contributed by atoms with Gasteiger partial charge in [0, 0.05) is 0 Å². The summed E-state index contributed by atoms with van der Waals surface area (Å²) in [5, 5.41) is 48.1. The molecular weight excluding hydrogens is 263 g/mol. The zero-order valence-electron chi connectivity index (χ0n) is 8.03. The van der Waals surface area contributed by atoms with Crippen LogP contribution < -0.4 is 0 Å². The monoisotopic (exact) mass is 272 g/mol. The SMILES string of the molecule is O=P12OC(O)[C@]3(O)OC(O1)[C@](O)(O2)[C@@H](O)[C@@H]3O. The van der Waals surface area contributed by atoms with E-state index in [1.165, 1.54) is 0 Å². The second kappa shape index (κ2) is 3.06. The molecule has 11 heteroatoms. The summed E-state index contributed by atoms with van der Waals surface area (Å²) in [6.07, 6.45) is -8.42. The van der Waals surface area contributed by atoms with Crippen LogP contribution in [0.2, 0.25) is 0 Å². The third-order valence-corrected chi connectivity index (χ3v) is 4.27. The van der Waals surface area contributed by atoms with E-state index >= 15 is 0 Å². The molecule has 0 radical (unpaired) electrons.